The van der Waals surface area contributed by atoms with Gasteiger partial charge in [-0.05, 0) is 18.9 Å². The Morgan fingerprint density at radius 1 is 1.30 bits per heavy atom. The first-order chi connectivity index (χ1) is 4.79. The molecule has 10 heavy (non-hydrogen) atoms. The molecule has 1 nitrogen and oxygen atoms in total. The van der Waals surface area contributed by atoms with Crippen LogP contribution >= 0.6 is 0 Å². The van der Waals surface area contributed by atoms with Crippen molar-refractivity contribution >= 4 is 0 Å². The molecule has 0 heterocycles. The molecule has 0 aliphatic rings. The predicted octanol–water partition coefficient (Wildman–Crippen LogP) is 1.58. The average Bonchev–Trinajstić information content (AvgIpc) is 1.88. The van der Waals surface area contributed by atoms with Gasteiger partial charge in [-0.15, -0.1) is 0 Å². The van der Waals surface area contributed by atoms with E-state index in [4.69, 9.17) is 5.73 Å². The molecule has 0 aromatic heterocycles. The lowest BCUT2D eigenvalue weighted by Gasteiger charge is -2.02. The Bertz CT molecular complexity index is 179. The second-order valence-corrected chi connectivity index (χ2v) is 2.67. The van der Waals surface area contributed by atoms with Crippen molar-refractivity contribution in [2.24, 2.45) is 5.73 Å². The van der Waals surface area contributed by atoms with Gasteiger partial charge in [-0.3, -0.25) is 0 Å². The second-order valence-electron chi connectivity index (χ2n) is 2.67. The van der Waals surface area contributed by atoms with Crippen molar-refractivity contribution in [3.63, 3.8) is 0 Å². The second kappa shape index (κ2) is 3.37. The molecule has 0 saturated heterocycles. The van der Waals surface area contributed by atoms with Crippen LogP contribution in [-0.2, 0) is 6.42 Å². The van der Waals surface area contributed by atoms with Crippen LogP contribution in [0.4, 0.5) is 0 Å². The zero-order chi connectivity index (χ0) is 7.40. The van der Waals surface area contributed by atoms with Crippen LogP contribution in [0.3, 0.4) is 0 Å². The largest absolute Gasteiger partial charge is 0.328 e. The van der Waals surface area contributed by atoms with E-state index in [-0.39, 0.29) is 6.04 Å². The van der Waals surface area contributed by atoms with E-state index in [0.717, 1.165) is 6.42 Å². The van der Waals surface area contributed by atoms with Crippen LogP contribution in [0.15, 0.2) is 30.3 Å². The molecule has 0 bridgehead atoms. The number of nitrogens with two attached hydrogens (primary N) is 1. The topological polar surface area (TPSA) is 26.0 Å². The van der Waals surface area contributed by atoms with E-state index in [2.05, 4.69) is 12.1 Å². The molecule has 1 aromatic carbocycles. The van der Waals surface area contributed by atoms with E-state index >= 15 is 0 Å². The van der Waals surface area contributed by atoms with Gasteiger partial charge in [0.25, 0.3) is 0 Å². The summed E-state index contributed by atoms with van der Waals surface area (Å²) in [5.74, 6) is 0. The summed E-state index contributed by atoms with van der Waals surface area (Å²) in [6, 6.07) is 10.6. The molecule has 1 rings (SSSR count). The van der Waals surface area contributed by atoms with Gasteiger partial charge in [-0.2, -0.15) is 0 Å². The van der Waals surface area contributed by atoms with Gasteiger partial charge in [0.1, 0.15) is 0 Å². The predicted molar refractivity (Wildman–Crippen MR) is 43.8 cm³/mol. The highest BCUT2D eigenvalue weighted by Crippen LogP contribution is 2.00. The highest BCUT2D eigenvalue weighted by Gasteiger charge is 1.94. The average molecular weight is 134 g/mol. The molecule has 0 fully saturated rings. The lowest BCUT2D eigenvalue weighted by atomic mass is 9.73. The fourth-order valence-corrected chi connectivity index (χ4v) is 0.986. The lowest BCUT2D eigenvalue weighted by molar-refractivity contribution is 0.738. The molecule has 0 aliphatic carbocycles. The van der Waals surface area contributed by atoms with Crippen LogP contribution in [0, 0.1) is 0 Å². The van der Waals surface area contributed by atoms with Gasteiger partial charge < -0.3 is 5.73 Å². The van der Waals surface area contributed by atoms with Crippen molar-refractivity contribution < 1.29 is 0 Å². The molecule has 1 atom stereocenters. The quantitative estimate of drug-likeness (QED) is 0.653. The zero-order valence-electron chi connectivity index (χ0n) is 6.25. The molecule has 2 N–H and O–H groups in total. The molecule has 0 amide bonds. The summed E-state index contributed by atoms with van der Waals surface area (Å²) in [5, 5.41) is 0. The van der Waals surface area contributed by atoms with Gasteiger partial charge in [-0.25, -0.2) is 0 Å². The van der Waals surface area contributed by atoms with E-state index in [1.54, 1.807) is 0 Å². The minimum Gasteiger partial charge on any atom is -0.328 e. The molecule has 1 unspecified atom stereocenters. The first-order valence-corrected chi connectivity index (χ1v) is 3.58. The smallest absolute Gasteiger partial charge is 0.00509 e. The van der Waals surface area contributed by atoms with Crippen LogP contribution in [0.5, 0.6) is 0 Å². The first-order valence-electron chi connectivity index (χ1n) is 3.58. The van der Waals surface area contributed by atoms with Gasteiger partial charge in [0.2, 0.25) is 0 Å². The third-order valence-electron chi connectivity index (χ3n) is 1.40. The van der Waals surface area contributed by atoms with Crippen molar-refractivity contribution in [3.8, 4) is 0 Å². The lowest BCUT2D eigenvalue weighted by Crippen LogP contribution is -2.17. The van der Waals surface area contributed by atoms with Crippen molar-refractivity contribution in [3.05, 3.63) is 35.9 Å². The van der Waals surface area contributed by atoms with Crippen LogP contribution < -0.4 is 5.73 Å². The summed E-state index contributed by atoms with van der Waals surface area (Å²) in [6.07, 6.45) is 0.973. The van der Waals surface area contributed by atoms with Crippen molar-refractivity contribution in [2.75, 3.05) is 0 Å². The Balaban J connectivity index is 2.59. The minimum atomic E-state index is 0.266. The Kier molecular flexibility index (Phi) is 2.46. The molecule has 1 aromatic rings. The monoisotopic (exact) mass is 134 g/mol. The highest BCUT2D eigenvalue weighted by molar-refractivity contribution is 5.15. The Morgan fingerprint density at radius 2 is 1.90 bits per heavy atom. The van der Waals surface area contributed by atoms with Crippen molar-refractivity contribution in [1.29, 1.82) is 0 Å². The van der Waals surface area contributed by atoms with Crippen LogP contribution in [0.25, 0.3) is 0 Å². The Labute approximate surface area is 61.9 Å². The third-order valence-corrected chi connectivity index (χ3v) is 1.40. The molecular formula is C9H13N. The van der Waals surface area contributed by atoms with E-state index in [9.17, 15) is 0 Å². The van der Waals surface area contributed by atoms with Crippen molar-refractivity contribution in [1.82, 2.24) is 0 Å². The van der Waals surface area contributed by atoms with Gasteiger partial charge in [-0.1, -0.05) is 30.3 Å². The van der Waals surface area contributed by atoms with E-state index in [1.165, 1.54) is 5.56 Å². The molecule has 0 saturated carbocycles. The summed E-state index contributed by atoms with van der Waals surface area (Å²) in [4.78, 5) is 0. The van der Waals surface area contributed by atoms with Crippen molar-refractivity contribution in [2.45, 2.75) is 19.4 Å². The molecule has 1 heteroatoms. The maximum Gasteiger partial charge on any atom is 0.00509 e. The fourth-order valence-electron chi connectivity index (χ4n) is 0.986. The Hall–Kier alpha value is -0.820. The number of benzene rings is 1. The highest BCUT2D eigenvalue weighted by atomic mass is 14.4. The van der Waals surface area contributed by atoms with Crippen LogP contribution in [0.2, 0.25) is 0 Å². The third kappa shape index (κ3) is 2.19. The summed E-state index contributed by atoms with van der Waals surface area (Å²) in [5.41, 5.74) is 6.94. The Morgan fingerprint density at radius 3 is 2.40 bits per heavy atom. The standard InChI is InChI=1S/C9H13N/c1-8(10)7-9-5-3-2-4-6-9/h2-6,8H,7,10H2,1H3/i8-1. The molecule has 0 radical (unpaired) electrons. The van der Waals surface area contributed by atoms with E-state index in [0.29, 0.717) is 0 Å². The van der Waals surface area contributed by atoms with Gasteiger partial charge in [0.05, 0.1) is 0 Å². The number of hydrogen-bond donors (Lipinski definition) is 1. The van der Waals surface area contributed by atoms with Crippen LogP contribution in [0.1, 0.15) is 12.5 Å². The summed E-state index contributed by atoms with van der Waals surface area (Å²) in [7, 11) is 0. The number of hydrogen-bond acceptors (Lipinski definition) is 1. The summed E-state index contributed by atoms with van der Waals surface area (Å²) >= 11 is 0. The summed E-state index contributed by atoms with van der Waals surface area (Å²) in [6.45, 7) is 2.02. The maximum absolute atomic E-state index is 5.62. The van der Waals surface area contributed by atoms with Crippen LogP contribution in [-0.4, -0.2) is 6.04 Å². The molecule has 54 valence electrons. The van der Waals surface area contributed by atoms with E-state index in [1.807, 2.05) is 25.1 Å². The minimum absolute atomic E-state index is 0.266. The summed E-state index contributed by atoms with van der Waals surface area (Å²) < 4.78 is 0. The van der Waals surface area contributed by atoms with Gasteiger partial charge in [0, 0.05) is 6.04 Å². The van der Waals surface area contributed by atoms with Gasteiger partial charge in [0.15, 0.2) is 0 Å². The number of rotatable bonds is 2. The first kappa shape index (κ1) is 7.29. The molecular weight excluding hydrogens is 121 g/mol. The van der Waals surface area contributed by atoms with Gasteiger partial charge >= 0.3 is 0 Å². The zero-order valence-corrected chi connectivity index (χ0v) is 6.25. The normalized spacial score (nSPS) is 13.0. The molecule has 0 aliphatic heterocycles. The maximum atomic E-state index is 5.62. The molecule has 0 spiro atoms. The van der Waals surface area contributed by atoms with E-state index < -0.39 is 0 Å². The SMILES string of the molecule is C[11CH](N)Cc1ccccc1. The fraction of sp³-hybridized carbons (Fsp3) is 0.333.